The van der Waals surface area contributed by atoms with Crippen LogP contribution in [0.4, 0.5) is 0 Å². The summed E-state index contributed by atoms with van der Waals surface area (Å²) in [5.41, 5.74) is 0. The van der Waals surface area contributed by atoms with E-state index in [-0.39, 0.29) is 0 Å². The molecule has 0 aromatic carbocycles. The highest BCUT2D eigenvalue weighted by atomic mass is 32.2. The predicted octanol–water partition coefficient (Wildman–Crippen LogP) is -0.581. The molecule has 0 aliphatic heterocycles. The van der Waals surface area contributed by atoms with E-state index in [2.05, 4.69) is 0 Å². The summed E-state index contributed by atoms with van der Waals surface area (Å²) >= 11 is 0. The van der Waals surface area contributed by atoms with E-state index in [9.17, 15) is 18.0 Å². The van der Waals surface area contributed by atoms with Crippen LogP contribution in [0.3, 0.4) is 0 Å². The standard InChI is InChI=1S/C7H13NO5S/c1-4(5(2)7(10)11)6(9)8-14(3,12)13/h4-5H,1-3H3,(H,8,9)(H,10,11). The van der Waals surface area contributed by atoms with Crippen molar-refractivity contribution < 1.29 is 23.1 Å². The number of carbonyl (C=O) groups is 2. The second-order valence-corrected chi connectivity index (χ2v) is 4.90. The number of nitrogens with one attached hydrogen (secondary N) is 1. The number of carboxylic acid groups (broad SMARTS) is 1. The van der Waals surface area contributed by atoms with Gasteiger partial charge in [-0.1, -0.05) is 13.8 Å². The molecule has 2 N–H and O–H groups in total. The highest BCUT2D eigenvalue weighted by Crippen LogP contribution is 2.11. The van der Waals surface area contributed by atoms with Crippen LogP contribution in [0.5, 0.6) is 0 Å². The van der Waals surface area contributed by atoms with Crippen LogP contribution in [0, 0.1) is 11.8 Å². The minimum absolute atomic E-state index is 0.803. The van der Waals surface area contributed by atoms with Crippen LogP contribution in [0.1, 0.15) is 13.8 Å². The molecule has 2 atom stereocenters. The van der Waals surface area contributed by atoms with Gasteiger partial charge in [0, 0.05) is 5.92 Å². The van der Waals surface area contributed by atoms with Crippen LogP contribution in [0.15, 0.2) is 0 Å². The van der Waals surface area contributed by atoms with Gasteiger partial charge in [-0.25, -0.2) is 8.42 Å². The van der Waals surface area contributed by atoms with E-state index in [1.54, 1.807) is 4.72 Å². The molecule has 7 heteroatoms. The average molecular weight is 223 g/mol. The Bertz CT molecular complexity index is 334. The Hall–Kier alpha value is -1.11. The maximum absolute atomic E-state index is 11.2. The number of aliphatic carboxylic acids is 1. The Kier molecular flexibility index (Phi) is 4.06. The van der Waals surface area contributed by atoms with Crippen molar-refractivity contribution in [3.63, 3.8) is 0 Å². The van der Waals surface area contributed by atoms with Gasteiger partial charge in [0.05, 0.1) is 12.2 Å². The third-order valence-electron chi connectivity index (χ3n) is 1.84. The lowest BCUT2D eigenvalue weighted by Crippen LogP contribution is -2.38. The molecule has 0 spiro atoms. The van der Waals surface area contributed by atoms with Gasteiger partial charge in [0.25, 0.3) is 0 Å². The van der Waals surface area contributed by atoms with Gasteiger partial charge >= 0.3 is 5.97 Å². The van der Waals surface area contributed by atoms with E-state index in [0.29, 0.717) is 0 Å². The summed E-state index contributed by atoms with van der Waals surface area (Å²) in [5, 5.41) is 8.57. The number of hydrogen-bond donors (Lipinski definition) is 2. The lowest BCUT2D eigenvalue weighted by Gasteiger charge is -2.14. The van der Waals surface area contributed by atoms with E-state index in [1.807, 2.05) is 0 Å². The van der Waals surface area contributed by atoms with Gasteiger partial charge in [0.2, 0.25) is 15.9 Å². The van der Waals surface area contributed by atoms with Crippen molar-refractivity contribution >= 4 is 21.9 Å². The van der Waals surface area contributed by atoms with E-state index in [0.717, 1.165) is 6.26 Å². The summed E-state index contributed by atoms with van der Waals surface area (Å²) in [4.78, 5) is 21.6. The van der Waals surface area contributed by atoms with Crippen LogP contribution in [0.25, 0.3) is 0 Å². The first-order valence-electron chi connectivity index (χ1n) is 3.89. The molecule has 0 rings (SSSR count). The first-order chi connectivity index (χ1) is 6.15. The minimum Gasteiger partial charge on any atom is -0.481 e. The zero-order valence-corrected chi connectivity index (χ0v) is 8.96. The molecule has 0 bridgehead atoms. The van der Waals surface area contributed by atoms with E-state index in [4.69, 9.17) is 5.11 Å². The van der Waals surface area contributed by atoms with Crippen LogP contribution >= 0.6 is 0 Å². The third-order valence-corrected chi connectivity index (χ3v) is 2.41. The molecule has 14 heavy (non-hydrogen) atoms. The molecule has 0 aromatic heterocycles. The van der Waals surface area contributed by atoms with Gasteiger partial charge in [0.1, 0.15) is 0 Å². The highest BCUT2D eigenvalue weighted by Gasteiger charge is 2.27. The second-order valence-electron chi connectivity index (χ2n) is 3.15. The van der Waals surface area contributed by atoms with Gasteiger partial charge in [0.15, 0.2) is 0 Å². The molecule has 6 nitrogen and oxygen atoms in total. The fourth-order valence-corrected chi connectivity index (χ4v) is 1.27. The molecule has 0 aromatic rings. The van der Waals surface area contributed by atoms with Crippen molar-refractivity contribution in [1.82, 2.24) is 4.72 Å². The normalized spacial score (nSPS) is 15.6. The fourth-order valence-electron chi connectivity index (χ4n) is 0.717. The van der Waals surface area contributed by atoms with Gasteiger partial charge in [-0.05, 0) is 0 Å². The number of sulfonamides is 1. The summed E-state index contributed by atoms with van der Waals surface area (Å²) < 4.78 is 23.0. The molecule has 0 aliphatic rings. The van der Waals surface area contributed by atoms with Crippen molar-refractivity contribution in [2.45, 2.75) is 13.8 Å². The van der Waals surface area contributed by atoms with Gasteiger partial charge < -0.3 is 5.11 Å². The van der Waals surface area contributed by atoms with E-state index >= 15 is 0 Å². The largest absolute Gasteiger partial charge is 0.481 e. The second kappa shape index (κ2) is 4.41. The first-order valence-corrected chi connectivity index (χ1v) is 5.78. The monoisotopic (exact) mass is 223 g/mol. The number of rotatable bonds is 4. The number of hydrogen-bond acceptors (Lipinski definition) is 4. The summed E-state index contributed by atoms with van der Waals surface area (Å²) in [6.45, 7) is 2.70. The van der Waals surface area contributed by atoms with Crippen LogP contribution in [-0.4, -0.2) is 31.7 Å². The zero-order valence-electron chi connectivity index (χ0n) is 8.14. The molecular formula is C7H13NO5S. The summed E-state index contributed by atoms with van der Waals surface area (Å²) in [6, 6.07) is 0. The smallest absolute Gasteiger partial charge is 0.307 e. The maximum Gasteiger partial charge on any atom is 0.307 e. The Morgan fingerprint density at radius 3 is 1.93 bits per heavy atom. The topological polar surface area (TPSA) is 101 Å². The molecule has 0 fully saturated rings. The lowest BCUT2D eigenvalue weighted by molar-refractivity contribution is -0.145. The van der Waals surface area contributed by atoms with Gasteiger partial charge in [-0.2, -0.15) is 0 Å². The Balaban J connectivity index is 4.49. The molecule has 1 amide bonds. The number of amides is 1. The number of carbonyl (C=O) groups excluding carboxylic acids is 1. The SMILES string of the molecule is CC(C(=O)O)C(C)C(=O)NS(C)(=O)=O. The van der Waals surface area contributed by atoms with Crippen LogP contribution in [0.2, 0.25) is 0 Å². The molecule has 0 radical (unpaired) electrons. The fraction of sp³-hybridized carbons (Fsp3) is 0.714. The van der Waals surface area contributed by atoms with Crippen LogP contribution < -0.4 is 4.72 Å². The maximum atomic E-state index is 11.2. The van der Waals surface area contributed by atoms with Gasteiger partial charge in [-0.15, -0.1) is 0 Å². The summed E-state index contributed by atoms with van der Waals surface area (Å²) in [6.07, 6.45) is 0.836. The number of carboxylic acids is 1. The van der Waals surface area contributed by atoms with Crippen molar-refractivity contribution in [2.24, 2.45) is 11.8 Å². The van der Waals surface area contributed by atoms with Crippen molar-refractivity contribution in [3.8, 4) is 0 Å². The third kappa shape index (κ3) is 4.22. The molecule has 0 heterocycles. The highest BCUT2D eigenvalue weighted by molar-refractivity contribution is 7.89. The molecular weight excluding hydrogens is 210 g/mol. The molecule has 82 valence electrons. The Morgan fingerprint density at radius 2 is 1.64 bits per heavy atom. The van der Waals surface area contributed by atoms with E-state index in [1.165, 1.54) is 13.8 Å². The quantitative estimate of drug-likeness (QED) is 0.664. The van der Waals surface area contributed by atoms with Gasteiger partial charge in [-0.3, -0.25) is 14.3 Å². The molecule has 2 unspecified atom stereocenters. The Morgan fingerprint density at radius 1 is 1.21 bits per heavy atom. The van der Waals surface area contributed by atoms with Crippen molar-refractivity contribution in [2.75, 3.05) is 6.26 Å². The lowest BCUT2D eigenvalue weighted by atomic mass is 9.96. The zero-order chi connectivity index (χ0) is 11.5. The minimum atomic E-state index is -3.62. The summed E-state index contributed by atoms with van der Waals surface area (Å²) in [5.74, 6) is -3.75. The molecule has 0 aliphatic carbocycles. The van der Waals surface area contributed by atoms with E-state index < -0.39 is 33.7 Å². The predicted molar refractivity (Wildman–Crippen MR) is 49.0 cm³/mol. The summed E-state index contributed by atoms with van der Waals surface area (Å²) in [7, 11) is -3.62. The van der Waals surface area contributed by atoms with Crippen molar-refractivity contribution in [3.05, 3.63) is 0 Å². The Labute approximate surface area is 82.4 Å². The van der Waals surface area contributed by atoms with Crippen molar-refractivity contribution in [1.29, 1.82) is 0 Å². The molecule has 0 saturated heterocycles. The molecule has 0 saturated carbocycles. The average Bonchev–Trinajstić information content (AvgIpc) is 1.98. The first kappa shape index (κ1) is 12.9. The van der Waals surface area contributed by atoms with Crippen LogP contribution in [-0.2, 0) is 19.6 Å².